The molecule has 9 heteroatoms. The summed E-state index contributed by atoms with van der Waals surface area (Å²) in [6.07, 6.45) is 4.38. The van der Waals surface area contributed by atoms with Gasteiger partial charge in [-0.25, -0.2) is 17.5 Å². The molecule has 0 aliphatic rings. The predicted octanol–water partition coefficient (Wildman–Crippen LogP) is 1.43. The highest BCUT2D eigenvalue weighted by Gasteiger charge is 2.14. The Hall–Kier alpha value is -2.78. The standard InChI is InChI=1S/C17H17FN4O3S/c1-21-8-7-16(20-21)15-11-22(14-5-3-13(18)4-6-14)17(23)9-12(15)10-19-26(2,24)25/h3-9,11,19H,10H2,1-2H3. The highest BCUT2D eigenvalue weighted by molar-refractivity contribution is 7.88. The molecule has 3 rings (SSSR count). The number of benzene rings is 1. The molecule has 3 aromatic rings. The van der Waals surface area contributed by atoms with E-state index >= 15 is 0 Å². The van der Waals surface area contributed by atoms with Crippen LogP contribution in [0.1, 0.15) is 5.56 Å². The van der Waals surface area contributed by atoms with Gasteiger partial charge in [0.2, 0.25) is 10.0 Å². The third-order valence-electron chi connectivity index (χ3n) is 3.76. The van der Waals surface area contributed by atoms with Gasteiger partial charge in [-0.1, -0.05) is 0 Å². The van der Waals surface area contributed by atoms with Gasteiger partial charge in [-0.05, 0) is 35.9 Å². The summed E-state index contributed by atoms with van der Waals surface area (Å²) < 4.78 is 41.3. The monoisotopic (exact) mass is 376 g/mol. The molecule has 0 aliphatic heterocycles. The van der Waals surface area contributed by atoms with Gasteiger partial charge in [0.1, 0.15) is 5.82 Å². The van der Waals surface area contributed by atoms with Crippen molar-refractivity contribution in [1.29, 1.82) is 0 Å². The van der Waals surface area contributed by atoms with Crippen molar-refractivity contribution in [3.63, 3.8) is 0 Å². The summed E-state index contributed by atoms with van der Waals surface area (Å²) in [4.78, 5) is 12.5. The zero-order chi connectivity index (χ0) is 18.9. The summed E-state index contributed by atoms with van der Waals surface area (Å²) in [5.41, 5.74) is 1.83. The summed E-state index contributed by atoms with van der Waals surface area (Å²) in [6.45, 7) is -0.0375. The molecule has 0 radical (unpaired) electrons. The van der Waals surface area contributed by atoms with Crippen molar-refractivity contribution < 1.29 is 12.8 Å². The number of rotatable bonds is 5. The third kappa shape index (κ3) is 4.06. The first-order chi connectivity index (χ1) is 12.2. The normalized spacial score (nSPS) is 11.7. The van der Waals surface area contributed by atoms with Crippen molar-refractivity contribution >= 4 is 10.0 Å². The van der Waals surface area contributed by atoms with E-state index in [9.17, 15) is 17.6 Å². The molecule has 0 unspecified atom stereocenters. The Morgan fingerprint density at radius 3 is 2.46 bits per heavy atom. The number of hydrogen-bond acceptors (Lipinski definition) is 4. The van der Waals surface area contributed by atoms with Gasteiger partial charge in [-0.3, -0.25) is 14.0 Å². The van der Waals surface area contributed by atoms with Crippen molar-refractivity contribution in [3.8, 4) is 16.9 Å². The number of pyridine rings is 1. The van der Waals surface area contributed by atoms with E-state index in [4.69, 9.17) is 0 Å². The van der Waals surface area contributed by atoms with E-state index in [-0.39, 0.29) is 12.1 Å². The van der Waals surface area contributed by atoms with E-state index in [0.29, 0.717) is 22.5 Å². The molecule has 0 fully saturated rings. The smallest absolute Gasteiger partial charge is 0.255 e. The number of nitrogens with zero attached hydrogens (tertiary/aromatic N) is 3. The molecular formula is C17H17FN4O3S. The van der Waals surface area contributed by atoms with Crippen LogP contribution in [0.3, 0.4) is 0 Å². The maximum atomic E-state index is 13.2. The van der Waals surface area contributed by atoms with Gasteiger partial charge in [0.05, 0.1) is 11.9 Å². The lowest BCUT2D eigenvalue weighted by Crippen LogP contribution is -2.24. The van der Waals surface area contributed by atoms with E-state index in [0.717, 1.165) is 6.26 Å². The Balaban J connectivity index is 2.14. The number of aromatic nitrogens is 3. The maximum Gasteiger partial charge on any atom is 0.255 e. The van der Waals surface area contributed by atoms with Gasteiger partial charge < -0.3 is 0 Å². The fourth-order valence-corrected chi connectivity index (χ4v) is 2.94. The molecule has 7 nitrogen and oxygen atoms in total. The molecule has 0 atom stereocenters. The van der Waals surface area contributed by atoms with Gasteiger partial charge in [0.15, 0.2) is 0 Å². The molecule has 2 heterocycles. The van der Waals surface area contributed by atoms with Crippen LogP contribution in [-0.2, 0) is 23.6 Å². The quantitative estimate of drug-likeness (QED) is 0.730. The van der Waals surface area contributed by atoms with E-state index in [1.165, 1.54) is 34.9 Å². The van der Waals surface area contributed by atoms with E-state index in [2.05, 4.69) is 9.82 Å². The Morgan fingerprint density at radius 1 is 1.19 bits per heavy atom. The molecule has 0 spiro atoms. The van der Waals surface area contributed by atoms with E-state index < -0.39 is 15.8 Å². The van der Waals surface area contributed by atoms with Crippen LogP contribution in [0, 0.1) is 5.82 Å². The first-order valence-corrected chi connectivity index (χ1v) is 9.58. The predicted molar refractivity (Wildman–Crippen MR) is 95.9 cm³/mol. The van der Waals surface area contributed by atoms with Crippen molar-refractivity contribution in [2.75, 3.05) is 6.26 Å². The van der Waals surface area contributed by atoms with Crippen molar-refractivity contribution in [2.45, 2.75) is 6.54 Å². The third-order valence-corrected chi connectivity index (χ3v) is 4.43. The van der Waals surface area contributed by atoms with Crippen LogP contribution in [0.15, 0.2) is 53.6 Å². The van der Waals surface area contributed by atoms with E-state index in [1.54, 1.807) is 30.2 Å². The molecule has 0 saturated heterocycles. The second-order valence-corrected chi connectivity index (χ2v) is 7.70. The minimum absolute atomic E-state index is 0.0375. The molecule has 1 N–H and O–H groups in total. The van der Waals surface area contributed by atoms with Crippen LogP contribution in [-0.4, -0.2) is 29.0 Å². The Labute approximate surface area is 149 Å². The van der Waals surface area contributed by atoms with Crippen LogP contribution >= 0.6 is 0 Å². The largest absolute Gasteiger partial charge is 0.284 e. The number of nitrogens with one attached hydrogen (secondary N) is 1. The van der Waals surface area contributed by atoms with Crippen LogP contribution in [0.4, 0.5) is 4.39 Å². The highest BCUT2D eigenvalue weighted by atomic mass is 32.2. The first kappa shape index (κ1) is 18.0. The number of aryl methyl sites for hydroxylation is 1. The van der Waals surface area contributed by atoms with Crippen LogP contribution in [0.2, 0.25) is 0 Å². The van der Waals surface area contributed by atoms with Gasteiger partial charge >= 0.3 is 0 Å². The lowest BCUT2D eigenvalue weighted by atomic mass is 10.1. The molecule has 136 valence electrons. The zero-order valence-corrected chi connectivity index (χ0v) is 15.0. The van der Waals surface area contributed by atoms with Crippen LogP contribution in [0.5, 0.6) is 0 Å². The molecular weight excluding hydrogens is 359 g/mol. The lowest BCUT2D eigenvalue weighted by molar-refractivity contribution is 0.587. The topological polar surface area (TPSA) is 86.0 Å². The summed E-state index contributed by atoms with van der Waals surface area (Å²) in [7, 11) is -1.66. The highest BCUT2D eigenvalue weighted by Crippen LogP contribution is 2.22. The second-order valence-electron chi connectivity index (χ2n) is 5.86. The minimum Gasteiger partial charge on any atom is -0.284 e. The molecule has 0 bridgehead atoms. The summed E-state index contributed by atoms with van der Waals surface area (Å²) >= 11 is 0. The van der Waals surface area contributed by atoms with Crippen LogP contribution in [0.25, 0.3) is 16.9 Å². The van der Waals surface area contributed by atoms with Crippen molar-refractivity contribution in [2.24, 2.45) is 7.05 Å². The van der Waals surface area contributed by atoms with Gasteiger partial charge in [0, 0.05) is 43.3 Å². The van der Waals surface area contributed by atoms with Gasteiger partial charge in [0.25, 0.3) is 5.56 Å². The van der Waals surface area contributed by atoms with Crippen molar-refractivity contribution in [3.05, 3.63) is 70.5 Å². The number of hydrogen-bond donors (Lipinski definition) is 1. The fourth-order valence-electron chi connectivity index (χ4n) is 2.52. The SMILES string of the molecule is Cn1ccc(-c2cn(-c3ccc(F)cc3)c(=O)cc2CNS(C)(=O)=O)n1. The second kappa shape index (κ2) is 6.85. The maximum absolute atomic E-state index is 13.2. The zero-order valence-electron chi connectivity index (χ0n) is 14.2. The Bertz CT molecular complexity index is 1100. The number of halogens is 1. The number of sulfonamides is 1. The molecule has 26 heavy (non-hydrogen) atoms. The van der Waals surface area contributed by atoms with Gasteiger partial charge in [-0.2, -0.15) is 5.10 Å². The summed E-state index contributed by atoms with van der Waals surface area (Å²) in [5.74, 6) is -0.402. The average Bonchev–Trinajstić information content (AvgIpc) is 2.99. The Kier molecular flexibility index (Phi) is 4.75. The molecule has 0 amide bonds. The van der Waals surface area contributed by atoms with Gasteiger partial charge in [-0.15, -0.1) is 0 Å². The lowest BCUT2D eigenvalue weighted by Gasteiger charge is -2.12. The summed E-state index contributed by atoms with van der Waals surface area (Å²) in [6, 6.07) is 8.63. The molecule has 0 saturated carbocycles. The average molecular weight is 376 g/mol. The molecule has 2 aromatic heterocycles. The van der Waals surface area contributed by atoms with Crippen molar-refractivity contribution in [1.82, 2.24) is 19.1 Å². The molecule has 1 aromatic carbocycles. The molecule has 0 aliphatic carbocycles. The summed E-state index contributed by atoms with van der Waals surface area (Å²) in [5, 5.41) is 4.33. The Morgan fingerprint density at radius 2 is 1.88 bits per heavy atom. The van der Waals surface area contributed by atoms with E-state index in [1.807, 2.05) is 0 Å². The van der Waals surface area contributed by atoms with Crippen LogP contribution < -0.4 is 10.3 Å². The fraction of sp³-hybridized carbons (Fsp3) is 0.176. The first-order valence-electron chi connectivity index (χ1n) is 7.69. The minimum atomic E-state index is -3.42.